The molecule has 1 unspecified atom stereocenters. The van der Waals surface area contributed by atoms with Crippen molar-refractivity contribution < 1.29 is 8.42 Å². The van der Waals surface area contributed by atoms with Crippen LogP contribution in [0, 0.1) is 0 Å². The molecule has 0 aromatic rings. The van der Waals surface area contributed by atoms with Crippen LogP contribution in [0.2, 0.25) is 0 Å². The zero-order chi connectivity index (χ0) is 7.07. The third kappa shape index (κ3) is 0.861. The van der Waals surface area contributed by atoms with Crippen molar-refractivity contribution in [2.24, 2.45) is 0 Å². The van der Waals surface area contributed by atoms with Gasteiger partial charge in [0.2, 0.25) is 10.0 Å². The molecular formula is C5H11NO2S. The van der Waals surface area contributed by atoms with Gasteiger partial charge in [0.1, 0.15) is 0 Å². The lowest BCUT2D eigenvalue weighted by Gasteiger charge is -2.35. The summed E-state index contributed by atoms with van der Waals surface area (Å²) in [6.45, 7) is 4.91. The zero-order valence-electron chi connectivity index (χ0n) is 5.66. The second-order valence-electron chi connectivity index (χ2n) is 2.31. The lowest BCUT2D eigenvalue weighted by Crippen LogP contribution is -2.53. The molecule has 0 aromatic carbocycles. The molecule has 3 nitrogen and oxygen atoms in total. The number of rotatable bonds is 1. The van der Waals surface area contributed by atoms with Crippen LogP contribution in [0.1, 0.15) is 13.8 Å². The highest BCUT2D eigenvalue weighted by Crippen LogP contribution is 2.20. The van der Waals surface area contributed by atoms with Crippen molar-refractivity contribution >= 4 is 10.0 Å². The minimum Gasteiger partial charge on any atom is -0.212 e. The highest BCUT2D eigenvalue weighted by atomic mass is 32.2. The first-order valence-corrected chi connectivity index (χ1v) is 4.58. The van der Waals surface area contributed by atoms with Crippen LogP contribution in [0.25, 0.3) is 0 Å². The van der Waals surface area contributed by atoms with Crippen LogP contribution >= 0.6 is 0 Å². The molecule has 0 saturated carbocycles. The smallest absolute Gasteiger partial charge is 0.212 e. The maximum atomic E-state index is 10.9. The van der Waals surface area contributed by atoms with Gasteiger partial charge in [-0.2, -0.15) is 0 Å². The Bertz CT molecular complexity index is 197. The van der Waals surface area contributed by atoms with Gasteiger partial charge in [-0.1, -0.05) is 6.92 Å². The standard InChI is InChI=1S/C5H11NO2S/c1-3-6-4-5(2)9(6,7)8/h5H,3-4H2,1-2H3. The van der Waals surface area contributed by atoms with Crippen molar-refractivity contribution in [2.45, 2.75) is 19.1 Å². The molecule has 1 fully saturated rings. The fourth-order valence-electron chi connectivity index (χ4n) is 0.963. The Kier molecular flexibility index (Phi) is 1.52. The predicted molar refractivity (Wildman–Crippen MR) is 35.6 cm³/mol. The van der Waals surface area contributed by atoms with E-state index in [0.717, 1.165) is 0 Å². The maximum absolute atomic E-state index is 10.9. The van der Waals surface area contributed by atoms with Crippen LogP contribution in [0.3, 0.4) is 0 Å². The van der Waals surface area contributed by atoms with Crippen molar-refractivity contribution in [3.8, 4) is 0 Å². The largest absolute Gasteiger partial charge is 0.218 e. The Hall–Kier alpha value is -0.0900. The van der Waals surface area contributed by atoms with E-state index in [2.05, 4.69) is 0 Å². The van der Waals surface area contributed by atoms with Crippen molar-refractivity contribution in [1.29, 1.82) is 0 Å². The van der Waals surface area contributed by atoms with Crippen LogP contribution < -0.4 is 0 Å². The molecule has 4 heteroatoms. The maximum Gasteiger partial charge on any atom is 0.218 e. The van der Waals surface area contributed by atoms with Gasteiger partial charge in [-0.25, -0.2) is 12.7 Å². The molecular weight excluding hydrogens is 138 g/mol. The average molecular weight is 149 g/mol. The molecule has 0 amide bonds. The van der Waals surface area contributed by atoms with Gasteiger partial charge in [0, 0.05) is 13.1 Å². The fraction of sp³-hybridized carbons (Fsp3) is 1.00. The molecule has 1 heterocycles. The summed E-state index contributed by atoms with van der Waals surface area (Å²) in [6.07, 6.45) is 0. The van der Waals surface area contributed by atoms with Gasteiger partial charge in [0.15, 0.2) is 0 Å². The van der Waals surface area contributed by atoms with Crippen molar-refractivity contribution in [3.05, 3.63) is 0 Å². The van der Waals surface area contributed by atoms with Gasteiger partial charge >= 0.3 is 0 Å². The van der Waals surface area contributed by atoms with E-state index in [1.165, 1.54) is 4.31 Å². The van der Waals surface area contributed by atoms with Crippen molar-refractivity contribution in [3.63, 3.8) is 0 Å². The van der Waals surface area contributed by atoms with Crippen LogP contribution in [0.4, 0.5) is 0 Å². The molecule has 0 N–H and O–H groups in total. The summed E-state index contributed by atoms with van der Waals surface area (Å²) in [5.74, 6) is 0. The predicted octanol–water partition coefficient (Wildman–Crippen LogP) is 0.0402. The van der Waals surface area contributed by atoms with Gasteiger partial charge in [-0.15, -0.1) is 0 Å². The Labute approximate surface area is 55.7 Å². The normalized spacial score (nSPS) is 33.8. The van der Waals surface area contributed by atoms with E-state index in [4.69, 9.17) is 0 Å². The summed E-state index contributed by atoms with van der Waals surface area (Å²) in [6, 6.07) is 0. The van der Waals surface area contributed by atoms with E-state index in [0.29, 0.717) is 13.1 Å². The van der Waals surface area contributed by atoms with Crippen molar-refractivity contribution in [2.75, 3.05) is 13.1 Å². The summed E-state index contributed by atoms with van der Waals surface area (Å²) < 4.78 is 23.3. The Morgan fingerprint density at radius 3 is 2.33 bits per heavy atom. The van der Waals surface area contributed by atoms with E-state index in [9.17, 15) is 8.42 Å². The molecule has 0 spiro atoms. The molecule has 9 heavy (non-hydrogen) atoms. The second-order valence-corrected chi connectivity index (χ2v) is 4.66. The minimum absolute atomic E-state index is 0.141. The fourth-order valence-corrected chi connectivity index (χ4v) is 2.37. The summed E-state index contributed by atoms with van der Waals surface area (Å²) in [5.41, 5.74) is 0. The number of hydrogen-bond donors (Lipinski definition) is 0. The molecule has 54 valence electrons. The summed E-state index contributed by atoms with van der Waals surface area (Å²) >= 11 is 0. The van der Waals surface area contributed by atoms with E-state index in [1.807, 2.05) is 6.92 Å². The Morgan fingerprint density at radius 2 is 2.22 bits per heavy atom. The molecule has 0 radical (unpaired) electrons. The Balaban J connectivity index is 2.71. The van der Waals surface area contributed by atoms with Gasteiger partial charge in [-0.05, 0) is 6.92 Å². The van der Waals surface area contributed by atoms with Gasteiger partial charge in [0.25, 0.3) is 0 Å². The SMILES string of the molecule is CCN1CC(C)S1(=O)=O. The molecule has 0 aromatic heterocycles. The highest BCUT2D eigenvalue weighted by Gasteiger charge is 2.39. The summed E-state index contributed by atoms with van der Waals surface area (Å²) in [5, 5.41) is -0.141. The lowest BCUT2D eigenvalue weighted by atomic mass is 10.4. The molecule has 1 atom stereocenters. The van der Waals surface area contributed by atoms with E-state index in [-0.39, 0.29) is 5.25 Å². The van der Waals surface area contributed by atoms with Crippen molar-refractivity contribution in [1.82, 2.24) is 4.31 Å². The zero-order valence-corrected chi connectivity index (χ0v) is 6.48. The van der Waals surface area contributed by atoms with Gasteiger partial charge in [0.05, 0.1) is 5.25 Å². The van der Waals surface area contributed by atoms with Gasteiger partial charge < -0.3 is 0 Å². The first kappa shape index (κ1) is 7.02. The Morgan fingerprint density at radius 1 is 1.67 bits per heavy atom. The molecule has 0 bridgehead atoms. The summed E-state index contributed by atoms with van der Waals surface area (Å²) in [4.78, 5) is 0. The quantitative estimate of drug-likeness (QED) is 0.528. The third-order valence-corrected chi connectivity index (χ3v) is 3.97. The van der Waals surface area contributed by atoms with Crippen LogP contribution in [-0.4, -0.2) is 31.1 Å². The van der Waals surface area contributed by atoms with Crippen LogP contribution in [0.5, 0.6) is 0 Å². The van der Waals surface area contributed by atoms with E-state index < -0.39 is 10.0 Å². The molecule has 1 rings (SSSR count). The van der Waals surface area contributed by atoms with Crippen LogP contribution in [0.15, 0.2) is 0 Å². The van der Waals surface area contributed by atoms with E-state index >= 15 is 0 Å². The molecule has 1 aliphatic rings. The van der Waals surface area contributed by atoms with Crippen LogP contribution in [-0.2, 0) is 10.0 Å². The third-order valence-electron chi connectivity index (χ3n) is 1.68. The first-order chi connectivity index (χ1) is 4.09. The molecule has 1 saturated heterocycles. The van der Waals surface area contributed by atoms with E-state index in [1.54, 1.807) is 6.92 Å². The first-order valence-electron chi connectivity index (χ1n) is 3.08. The topological polar surface area (TPSA) is 37.4 Å². The second kappa shape index (κ2) is 1.95. The number of nitrogens with zero attached hydrogens (tertiary/aromatic N) is 1. The minimum atomic E-state index is -2.82. The highest BCUT2D eigenvalue weighted by molar-refractivity contribution is 7.91. The molecule has 1 aliphatic heterocycles. The number of hydrogen-bond acceptors (Lipinski definition) is 2. The average Bonchev–Trinajstić information content (AvgIpc) is 1.82. The summed E-state index contributed by atoms with van der Waals surface area (Å²) in [7, 11) is -2.82. The van der Waals surface area contributed by atoms with Gasteiger partial charge in [-0.3, -0.25) is 0 Å². The lowest BCUT2D eigenvalue weighted by molar-refractivity contribution is 0.364. The number of sulfonamides is 1. The monoisotopic (exact) mass is 149 g/mol. The molecule has 0 aliphatic carbocycles.